The van der Waals surface area contributed by atoms with Crippen molar-refractivity contribution in [3.8, 4) is 11.5 Å². The first-order valence-corrected chi connectivity index (χ1v) is 11.1. The summed E-state index contributed by atoms with van der Waals surface area (Å²) in [7, 11) is 1.59. The Bertz CT molecular complexity index is 1310. The van der Waals surface area contributed by atoms with E-state index in [0.29, 0.717) is 31.1 Å². The number of pyridine rings is 1. The van der Waals surface area contributed by atoms with Crippen molar-refractivity contribution in [1.82, 2.24) is 15.0 Å². The van der Waals surface area contributed by atoms with Crippen LogP contribution in [-0.2, 0) is 17.9 Å². The Balaban J connectivity index is 1.32. The Labute approximate surface area is 199 Å². The van der Waals surface area contributed by atoms with Gasteiger partial charge < -0.3 is 14.0 Å². The fraction of sp³-hybridized carbons (Fsp3) is 0.222. The topological polar surface area (TPSA) is 77.7 Å². The van der Waals surface area contributed by atoms with Crippen molar-refractivity contribution in [2.24, 2.45) is 5.10 Å². The number of carbonyl (C=O) groups excluding carboxylic acids is 1. The van der Waals surface area contributed by atoms with E-state index in [1.165, 1.54) is 16.5 Å². The van der Waals surface area contributed by atoms with E-state index in [0.717, 1.165) is 16.6 Å². The normalized spacial score (nSPS) is 11.1. The van der Waals surface area contributed by atoms with Gasteiger partial charge in [-0.25, -0.2) is 5.43 Å². The third kappa shape index (κ3) is 5.43. The lowest BCUT2D eigenvalue weighted by molar-refractivity contribution is -0.121. The van der Waals surface area contributed by atoms with Crippen LogP contribution in [-0.4, -0.2) is 28.8 Å². The van der Waals surface area contributed by atoms with E-state index in [1.807, 2.05) is 36.4 Å². The van der Waals surface area contributed by atoms with Gasteiger partial charge in [-0.2, -0.15) is 5.10 Å². The molecule has 0 atom stereocenters. The first kappa shape index (κ1) is 23.0. The van der Waals surface area contributed by atoms with E-state index in [-0.39, 0.29) is 5.91 Å². The van der Waals surface area contributed by atoms with Crippen molar-refractivity contribution < 1.29 is 14.3 Å². The minimum Gasteiger partial charge on any atom is -0.493 e. The maximum Gasteiger partial charge on any atom is 0.241 e. The molecule has 2 aromatic carbocycles. The molecule has 7 nitrogen and oxygen atoms in total. The van der Waals surface area contributed by atoms with Gasteiger partial charge in [0.1, 0.15) is 6.61 Å². The molecule has 1 N–H and O–H groups in total. The molecule has 0 aliphatic carbocycles. The second-order valence-electron chi connectivity index (χ2n) is 8.08. The molecule has 0 spiro atoms. The van der Waals surface area contributed by atoms with Gasteiger partial charge in [0, 0.05) is 48.0 Å². The van der Waals surface area contributed by atoms with Crippen LogP contribution in [0.25, 0.3) is 10.9 Å². The Kier molecular flexibility index (Phi) is 7.22. The molecule has 0 aliphatic rings. The van der Waals surface area contributed by atoms with Gasteiger partial charge in [-0.05, 0) is 60.9 Å². The average molecular weight is 457 g/mol. The maximum atomic E-state index is 12.3. The zero-order chi connectivity index (χ0) is 23.9. The first-order valence-electron chi connectivity index (χ1n) is 11.1. The highest BCUT2D eigenvalue weighted by atomic mass is 16.5. The predicted molar refractivity (Wildman–Crippen MR) is 133 cm³/mol. The molecule has 34 heavy (non-hydrogen) atoms. The Morgan fingerprint density at radius 3 is 2.79 bits per heavy atom. The van der Waals surface area contributed by atoms with Crippen LogP contribution in [0, 0.1) is 13.8 Å². The van der Waals surface area contributed by atoms with E-state index in [9.17, 15) is 4.79 Å². The molecule has 1 amide bonds. The summed E-state index contributed by atoms with van der Waals surface area (Å²) in [6.07, 6.45) is 7.50. The van der Waals surface area contributed by atoms with Crippen molar-refractivity contribution in [2.45, 2.75) is 33.4 Å². The van der Waals surface area contributed by atoms with Gasteiger partial charge in [0.2, 0.25) is 5.91 Å². The molecule has 4 rings (SSSR count). The van der Waals surface area contributed by atoms with E-state index in [1.54, 1.807) is 25.7 Å². The number of rotatable bonds is 9. The van der Waals surface area contributed by atoms with Crippen LogP contribution in [0.15, 0.2) is 72.2 Å². The standard InChI is InChI=1S/C27H28N4O3/c1-19-6-4-8-23-27(19)20(2)17-31(23)13-11-26(32)30-29-16-21-9-10-24(25(14-21)33-3)34-18-22-7-5-12-28-15-22/h4-10,12,14-17H,11,13,18H2,1-3H3,(H,30,32)/b29-16+. The number of nitrogens with one attached hydrogen (secondary N) is 1. The van der Waals surface area contributed by atoms with E-state index in [4.69, 9.17) is 9.47 Å². The minimum absolute atomic E-state index is 0.146. The van der Waals surface area contributed by atoms with Crippen LogP contribution in [0.5, 0.6) is 11.5 Å². The Morgan fingerprint density at radius 1 is 1.12 bits per heavy atom. The SMILES string of the molecule is COc1cc(/C=N/NC(=O)CCn2cc(C)c3c(C)cccc32)ccc1OCc1cccnc1. The zero-order valence-corrected chi connectivity index (χ0v) is 19.6. The first-order chi connectivity index (χ1) is 16.5. The predicted octanol–water partition coefficient (Wildman–Crippen LogP) is 4.78. The van der Waals surface area contributed by atoms with Gasteiger partial charge in [0.15, 0.2) is 11.5 Å². The highest BCUT2D eigenvalue weighted by molar-refractivity contribution is 5.87. The molecule has 0 fully saturated rings. The number of aromatic nitrogens is 2. The summed E-state index contributed by atoms with van der Waals surface area (Å²) in [6, 6.07) is 15.5. The number of carbonyl (C=O) groups is 1. The molecule has 7 heteroatoms. The summed E-state index contributed by atoms with van der Waals surface area (Å²) in [5, 5.41) is 5.35. The second kappa shape index (κ2) is 10.7. The number of fused-ring (bicyclic) bond motifs is 1. The number of methoxy groups -OCH3 is 1. The fourth-order valence-corrected chi connectivity index (χ4v) is 3.94. The highest BCUT2D eigenvalue weighted by Crippen LogP contribution is 2.28. The van der Waals surface area contributed by atoms with Crippen molar-refractivity contribution >= 4 is 23.0 Å². The maximum absolute atomic E-state index is 12.3. The van der Waals surface area contributed by atoms with Crippen molar-refractivity contribution in [3.63, 3.8) is 0 Å². The van der Waals surface area contributed by atoms with Crippen LogP contribution in [0.4, 0.5) is 0 Å². The fourth-order valence-electron chi connectivity index (χ4n) is 3.94. The molecule has 0 saturated carbocycles. The summed E-state index contributed by atoms with van der Waals surface area (Å²) in [5.74, 6) is 1.06. The monoisotopic (exact) mass is 456 g/mol. The lowest BCUT2D eigenvalue weighted by atomic mass is 10.1. The Hall–Kier alpha value is -4.13. The molecule has 0 saturated heterocycles. The smallest absolute Gasteiger partial charge is 0.241 e. The zero-order valence-electron chi connectivity index (χ0n) is 19.6. The molecular formula is C27H28N4O3. The van der Waals surface area contributed by atoms with Gasteiger partial charge in [0.25, 0.3) is 0 Å². The number of benzene rings is 2. The number of ether oxygens (including phenoxy) is 2. The lowest BCUT2D eigenvalue weighted by Crippen LogP contribution is -2.19. The third-order valence-corrected chi connectivity index (χ3v) is 5.59. The summed E-state index contributed by atoms with van der Waals surface area (Å²) in [6.45, 7) is 5.19. The summed E-state index contributed by atoms with van der Waals surface area (Å²) >= 11 is 0. The largest absolute Gasteiger partial charge is 0.493 e. The minimum atomic E-state index is -0.146. The van der Waals surface area contributed by atoms with E-state index in [2.05, 4.69) is 52.3 Å². The number of hydrazone groups is 1. The van der Waals surface area contributed by atoms with Gasteiger partial charge in [0.05, 0.1) is 13.3 Å². The number of nitrogens with zero attached hydrogens (tertiary/aromatic N) is 3. The van der Waals surface area contributed by atoms with E-state index < -0.39 is 0 Å². The quantitative estimate of drug-likeness (QED) is 0.290. The summed E-state index contributed by atoms with van der Waals surface area (Å²) in [5.41, 5.74) is 7.96. The molecule has 0 unspecified atom stereocenters. The number of aryl methyl sites for hydroxylation is 3. The molecule has 174 valence electrons. The number of hydrogen-bond acceptors (Lipinski definition) is 5. The van der Waals surface area contributed by atoms with Crippen molar-refractivity contribution in [2.75, 3.05) is 7.11 Å². The van der Waals surface area contributed by atoms with Gasteiger partial charge in [-0.3, -0.25) is 9.78 Å². The van der Waals surface area contributed by atoms with Crippen LogP contribution < -0.4 is 14.9 Å². The van der Waals surface area contributed by atoms with Gasteiger partial charge >= 0.3 is 0 Å². The number of amides is 1. The Morgan fingerprint density at radius 2 is 2.00 bits per heavy atom. The number of hydrogen-bond donors (Lipinski definition) is 1. The third-order valence-electron chi connectivity index (χ3n) is 5.59. The molecule has 0 bridgehead atoms. The van der Waals surface area contributed by atoms with Crippen LogP contribution >= 0.6 is 0 Å². The molecule has 4 aromatic rings. The van der Waals surface area contributed by atoms with Crippen LogP contribution in [0.1, 0.15) is 28.7 Å². The second-order valence-corrected chi connectivity index (χ2v) is 8.08. The summed E-state index contributed by atoms with van der Waals surface area (Å²) in [4.78, 5) is 16.4. The molecule has 0 aliphatic heterocycles. The van der Waals surface area contributed by atoms with Crippen molar-refractivity contribution in [3.05, 3.63) is 89.4 Å². The highest BCUT2D eigenvalue weighted by Gasteiger charge is 2.09. The van der Waals surface area contributed by atoms with E-state index >= 15 is 0 Å². The van der Waals surface area contributed by atoms with Gasteiger partial charge in [-0.1, -0.05) is 18.2 Å². The van der Waals surface area contributed by atoms with Crippen LogP contribution in [0.2, 0.25) is 0 Å². The molecule has 0 radical (unpaired) electrons. The van der Waals surface area contributed by atoms with Gasteiger partial charge in [-0.15, -0.1) is 0 Å². The van der Waals surface area contributed by atoms with Crippen molar-refractivity contribution in [1.29, 1.82) is 0 Å². The lowest BCUT2D eigenvalue weighted by Gasteiger charge is -2.11. The molecular weight excluding hydrogens is 428 g/mol. The van der Waals surface area contributed by atoms with Crippen LogP contribution in [0.3, 0.4) is 0 Å². The average Bonchev–Trinajstić information content (AvgIpc) is 3.19. The summed E-state index contributed by atoms with van der Waals surface area (Å²) < 4.78 is 13.4. The molecule has 2 aromatic heterocycles. The molecule has 2 heterocycles.